The number of nitrogen functional groups attached to an aromatic ring is 1. The number of anilines is 1. The number of hydrogen-bond acceptors (Lipinski definition) is 4. The van der Waals surface area contributed by atoms with Crippen LogP contribution in [0, 0.1) is 0 Å². The van der Waals surface area contributed by atoms with E-state index in [9.17, 15) is 0 Å². The summed E-state index contributed by atoms with van der Waals surface area (Å²) in [6, 6.07) is 5.57. The normalized spacial score (nSPS) is 10.6. The van der Waals surface area contributed by atoms with Crippen LogP contribution < -0.4 is 11.3 Å². The molecule has 0 aliphatic rings. The van der Waals surface area contributed by atoms with Crippen LogP contribution in [0.3, 0.4) is 0 Å². The highest BCUT2D eigenvalue weighted by Gasteiger charge is 2.03. The van der Waals surface area contributed by atoms with Gasteiger partial charge in [-0.05, 0) is 18.2 Å². The van der Waals surface area contributed by atoms with Gasteiger partial charge in [0.15, 0.2) is 11.5 Å². The number of nitrogens with one attached hydrogen (secondary N) is 1. The monoisotopic (exact) mass is 177 g/mol. The van der Waals surface area contributed by atoms with Crippen molar-refractivity contribution in [1.82, 2.24) is 4.98 Å². The number of hydrogen-bond donors (Lipinski definition) is 2. The highest BCUT2D eigenvalue weighted by Crippen LogP contribution is 2.19. The fraction of sp³-hybridized carbons (Fsp3) is 0.222. The Kier molecular flexibility index (Phi) is 1.90. The molecule has 0 unspecified atom stereocenters. The molecule has 3 N–H and O–H groups in total. The SMILES string of the molecule is CCc1nc2cc(NN)ccc2o1. The molecule has 2 rings (SSSR count). The predicted octanol–water partition coefficient (Wildman–Crippen LogP) is 1.68. The lowest BCUT2D eigenvalue weighted by Crippen LogP contribution is -2.05. The van der Waals surface area contributed by atoms with Crippen LogP contribution in [0.4, 0.5) is 5.69 Å². The van der Waals surface area contributed by atoms with E-state index in [1.54, 1.807) is 0 Å². The maximum Gasteiger partial charge on any atom is 0.195 e. The average molecular weight is 177 g/mol. The van der Waals surface area contributed by atoms with Crippen molar-refractivity contribution in [2.24, 2.45) is 5.84 Å². The second kappa shape index (κ2) is 3.06. The maximum absolute atomic E-state index is 5.44. The lowest BCUT2D eigenvalue weighted by atomic mass is 10.3. The first kappa shape index (κ1) is 8.07. The first-order valence-corrected chi connectivity index (χ1v) is 4.19. The van der Waals surface area contributed by atoms with Crippen molar-refractivity contribution in [3.8, 4) is 0 Å². The zero-order valence-electron chi connectivity index (χ0n) is 7.37. The van der Waals surface area contributed by atoms with E-state index in [1.165, 1.54) is 0 Å². The molecule has 0 amide bonds. The highest BCUT2D eigenvalue weighted by atomic mass is 16.3. The molecule has 1 aromatic carbocycles. The zero-order valence-corrected chi connectivity index (χ0v) is 7.37. The Bertz CT molecular complexity index is 420. The lowest BCUT2D eigenvalue weighted by molar-refractivity contribution is 0.538. The van der Waals surface area contributed by atoms with Crippen LogP contribution in [0.25, 0.3) is 11.1 Å². The largest absolute Gasteiger partial charge is 0.441 e. The van der Waals surface area contributed by atoms with Gasteiger partial charge in [-0.3, -0.25) is 5.84 Å². The van der Waals surface area contributed by atoms with E-state index in [0.29, 0.717) is 0 Å². The molecule has 0 saturated heterocycles. The molecule has 0 fully saturated rings. The molecule has 0 radical (unpaired) electrons. The number of oxazole rings is 1. The molecule has 2 aromatic rings. The number of fused-ring (bicyclic) bond motifs is 1. The van der Waals surface area contributed by atoms with E-state index in [-0.39, 0.29) is 0 Å². The second-order valence-corrected chi connectivity index (χ2v) is 2.79. The maximum atomic E-state index is 5.44. The van der Waals surface area contributed by atoms with Crippen LogP contribution >= 0.6 is 0 Å². The van der Waals surface area contributed by atoms with Crippen molar-refractivity contribution in [3.05, 3.63) is 24.1 Å². The number of hydrazine groups is 1. The summed E-state index contributed by atoms with van der Waals surface area (Å²) < 4.78 is 5.44. The van der Waals surface area contributed by atoms with Crippen LogP contribution in [-0.2, 0) is 6.42 Å². The van der Waals surface area contributed by atoms with Gasteiger partial charge in [-0.1, -0.05) is 6.92 Å². The predicted molar refractivity (Wildman–Crippen MR) is 51.2 cm³/mol. The van der Waals surface area contributed by atoms with Crippen LogP contribution in [0.2, 0.25) is 0 Å². The molecule has 0 aliphatic heterocycles. The molecule has 0 bridgehead atoms. The van der Waals surface area contributed by atoms with Gasteiger partial charge in [-0.25, -0.2) is 4.98 Å². The third-order valence-corrected chi connectivity index (χ3v) is 1.90. The summed E-state index contributed by atoms with van der Waals surface area (Å²) in [6.45, 7) is 2.01. The van der Waals surface area contributed by atoms with Crippen molar-refractivity contribution >= 4 is 16.8 Å². The Hall–Kier alpha value is -1.55. The molecule has 4 heteroatoms. The Morgan fingerprint density at radius 3 is 3.08 bits per heavy atom. The summed E-state index contributed by atoms with van der Waals surface area (Å²) >= 11 is 0. The lowest BCUT2D eigenvalue weighted by Gasteiger charge is -1.95. The van der Waals surface area contributed by atoms with Gasteiger partial charge in [-0.15, -0.1) is 0 Å². The summed E-state index contributed by atoms with van der Waals surface area (Å²) in [5, 5.41) is 0. The fourth-order valence-corrected chi connectivity index (χ4v) is 1.22. The van der Waals surface area contributed by atoms with E-state index in [2.05, 4.69) is 10.4 Å². The van der Waals surface area contributed by atoms with Gasteiger partial charge in [0, 0.05) is 6.42 Å². The Balaban J connectivity index is 2.57. The average Bonchev–Trinajstić information content (AvgIpc) is 2.58. The van der Waals surface area contributed by atoms with Crippen LogP contribution in [0.5, 0.6) is 0 Å². The molecule has 1 aromatic heterocycles. The zero-order chi connectivity index (χ0) is 9.26. The number of nitrogens with zero attached hydrogens (tertiary/aromatic N) is 1. The summed E-state index contributed by atoms with van der Waals surface area (Å²) in [5.41, 5.74) is 5.04. The van der Waals surface area contributed by atoms with Crippen molar-refractivity contribution < 1.29 is 4.42 Å². The van der Waals surface area contributed by atoms with Crippen molar-refractivity contribution in [1.29, 1.82) is 0 Å². The standard InChI is InChI=1S/C9H11N3O/c1-2-9-11-7-5-6(12-10)3-4-8(7)13-9/h3-5,12H,2,10H2,1H3. The van der Waals surface area contributed by atoms with Gasteiger partial charge in [-0.2, -0.15) is 0 Å². The summed E-state index contributed by atoms with van der Waals surface area (Å²) in [7, 11) is 0. The van der Waals surface area contributed by atoms with Gasteiger partial charge in [0.05, 0.1) is 5.69 Å². The van der Waals surface area contributed by atoms with E-state index in [1.807, 2.05) is 25.1 Å². The van der Waals surface area contributed by atoms with E-state index in [4.69, 9.17) is 10.3 Å². The van der Waals surface area contributed by atoms with E-state index >= 15 is 0 Å². The number of aromatic nitrogens is 1. The van der Waals surface area contributed by atoms with Gasteiger partial charge in [0.25, 0.3) is 0 Å². The molecular formula is C9H11N3O. The summed E-state index contributed by atoms with van der Waals surface area (Å²) in [5.74, 6) is 6.03. The van der Waals surface area contributed by atoms with Gasteiger partial charge in [0.1, 0.15) is 5.52 Å². The molecule has 68 valence electrons. The Labute approximate surface area is 75.7 Å². The second-order valence-electron chi connectivity index (χ2n) is 2.79. The third kappa shape index (κ3) is 1.36. The topological polar surface area (TPSA) is 64.1 Å². The minimum Gasteiger partial charge on any atom is -0.441 e. The van der Waals surface area contributed by atoms with Gasteiger partial charge < -0.3 is 9.84 Å². The molecule has 0 spiro atoms. The van der Waals surface area contributed by atoms with Gasteiger partial charge >= 0.3 is 0 Å². The number of benzene rings is 1. The van der Waals surface area contributed by atoms with E-state index in [0.717, 1.165) is 29.1 Å². The summed E-state index contributed by atoms with van der Waals surface area (Å²) in [6.07, 6.45) is 0.806. The van der Waals surface area contributed by atoms with Crippen molar-refractivity contribution in [3.63, 3.8) is 0 Å². The molecule has 4 nitrogen and oxygen atoms in total. The summed E-state index contributed by atoms with van der Waals surface area (Å²) in [4.78, 5) is 4.28. The molecule has 0 aliphatic carbocycles. The van der Waals surface area contributed by atoms with Crippen LogP contribution in [-0.4, -0.2) is 4.98 Å². The smallest absolute Gasteiger partial charge is 0.195 e. The van der Waals surface area contributed by atoms with E-state index < -0.39 is 0 Å². The number of aryl methyl sites for hydroxylation is 1. The van der Waals surface area contributed by atoms with Gasteiger partial charge in [0.2, 0.25) is 0 Å². The fourth-order valence-electron chi connectivity index (χ4n) is 1.22. The Morgan fingerprint density at radius 1 is 1.54 bits per heavy atom. The number of rotatable bonds is 2. The van der Waals surface area contributed by atoms with Crippen LogP contribution in [0.1, 0.15) is 12.8 Å². The minimum absolute atomic E-state index is 0.754. The molecule has 13 heavy (non-hydrogen) atoms. The molecular weight excluding hydrogens is 166 g/mol. The van der Waals surface area contributed by atoms with Crippen molar-refractivity contribution in [2.45, 2.75) is 13.3 Å². The molecule has 0 saturated carbocycles. The molecule has 0 atom stereocenters. The quantitative estimate of drug-likeness (QED) is 0.541. The Morgan fingerprint density at radius 2 is 2.38 bits per heavy atom. The first-order chi connectivity index (χ1) is 6.33. The first-order valence-electron chi connectivity index (χ1n) is 4.19. The van der Waals surface area contributed by atoms with Crippen LogP contribution in [0.15, 0.2) is 22.6 Å². The number of nitrogens with two attached hydrogens (primary N) is 1. The minimum atomic E-state index is 0.754. The van der Waals surface area contributed by atoms with Crippen molar-refractivity contribution in [2.75, 3.05) is 5.43 Å². The highest BCUT2D eigenvalue weighted by molar-refractivity contribution is 5.77. The molecule has 1 heterocycles. The third-order valence-electron chi connectivity index (χ3n) is 1.90.